The first-order chi connectivity index (χ1) is 6.11. The fraction of sp³-hybridized carbons (Fsp3) is 0.455. The summed E-state index contributed by atoms with van der Waals surface area (Å²) in [4.78, 5) is 0. The van der Waals surface area contributed by atoms with Gasteiger partial charge in [-0.25, -0.2) is 4.39 Å². The van der Waals surface area contributed by atoms with E-state index < -0.39 is 5.67 Å². The maximum absolute atomic E-state index is 13.9. The van der Waals surface area contributed by atoms with E-state index in [1.54, 1.807) is 25.1 Å². The summed E-state index contributed by atoms with van der Waals surface area (Å²) in [6.07, 6.45) is 2.17. The summed E-state index contributed by atoms with van der Waals surface area (Å²) in [7, 11) is 0. The van der Waals surface area contributed by atoms with Crippen molar-refractivity contribution < 1.29 is 9.50 Å². The molecule has 13 heavy (non-hydrogen) atoms. The average molecular weight is 180 g/mol. The monoisotopic (exact) mass is 180 g/mol. The van der Waals surface area contributed by atoms with Crippen LogP contribution in [0.3, 0.4) is 0 Å². The lowest BCUT2D eigenvalue weighted by atomic mass is 9.81. The standard InChI is InChI=1S/C11H13FO/c1-11(12)7-3-4-8-9(11)5-2-6-10(8)13/h2,5-6,13H,3-4,7H2,1H3. The first-order valence-corrected chi connectivity index (χ1v) is 4.61. The van der Waals surface area contributed by atoms with Gasteiger partial charge in [0.05, 0.1) is 0 Å². The van der Waals surface area contributed by atoms with Gasteiger partial charge in [0, 0.05) is 5.56 Å². The Morgan fingerprint density at radius 3 is 2.92 bits per heavy atom. The van der Waals surface area contributed by atoms with E-state index in [1.807, 2.05) is 0 Å². The molecule has 0 spiro atoms. The number of hydrogen-bond donors (Lipinski definition) is 1. The van der Waals surface area contributed by atoms with Gasteiger partial charge in [0.15, 0.2) is 0 Å². The zero-order chi connectivity index (χ0) is 9.47. The minimum absolute atomic E-state index is 0.237. The van der Waals surface area contributed by atoms with E-state index in [-0.39, 0.29) is 5.75 Å². The van der Waals surface area contributed by atoms with Crippen LogP contribution in [0.15, 0.2) is 18.2 Å². The van der Waals surface area contributed by atoms with Gasteiger partial charge in [0.25, 0.3) is 0 Å². The Kier molecular flexibility index (Phi) is 1.79. The van der Waals surface area contributed by atoms with E-state index in [2.05, 4.69) is 0 Å². The number of aromatic hydroxyl groups is 1. The summed E-state index contributed by atoms with van der Waals surface area (Å²) in [6.45, 7) is 1.59. The van der Waals surface area contributed by atoms with Crippen LogP contribution in [0.2, 0.25) is 0 Å². The van der Waals surface area contributed by atoms with Gasteiger partial charge in [-0.05, 0) is 37.8 Å². The molecule has 0 bridgehead atoms. The normalized spacial score (nSPS) is 26.9. The van der Waals surface area contributed by atoms with Gasteiger partial charge >= 0.3 is 0 Å². The first-order valence-electron chi connectivity index (χ1n) is 4.61. The van der Waals surface area contributed by atoms with E-state index >= 15 is 0 Å². The van der Waals surface area contributed by atoms with Crippen LogP contribution >= 0.6 is 0 Å². The predicted molar refractivity (Wildman–Crippen MR) is 49.5 cm³/mol. The molecule has 1 N–H and O–H groups in total. The van der Waals surface area contributed by atoms with Gasteiger partial charge < -0.3 is 5.11 Å². The number of fused-ring (bicyclic) bond motifs is 1. The summed E-state index contributed by atoms with van der Waals surface area (Å²) < 4.78 is 13.9. The van der Waals surface area contributed by atoms with Crippen molar-refractivity contribution in [1.29, 1.82) is 0 Å². The van der Waals surface area contributed by atoms with Crippen LogP contribution in [0.1, 0.15) is 30.9 Å². The van der Waals surface area contributed by atoms with Crippen molar-refractivity contribution in [3.05, 3.63) is 29.3 Å². The van der Waals surface area contributed by atoms with E-state index in [4.69, 9.17) is 0 Å². The van der Waals surface area contributed by atoms with Crippen LogP contribution in [0.4, 0.5) is 4.39 Å². The first kappa shape index (κ1) is 8.54. The van der Waals surface area contributed by atoms with E-state index in [0.29, 0.717) is 12.0 Å². The Hall–Kier alpha value is -1.05. The second kappa shape index (κ2) is 2.72. The molecule has 0 aromatic heterocycles. The molecule has 0 heterocycles. The molecule has 2 heteroatoms. The van der Waals surface area contributed by atoms with Crippen LogP contribution in [0, 0.1) is 0 Å². The van der Waals surface area contributed by atoms with Gasteiger partial charge in [-0.1, -0.05) is 12.1 Å². The molecule has 0 saturated carbocycles. The lowest BCUT2D eigenvalue weighted by Gasteiger charge is -2.28. The van der Waals surface area contributed by atoms with Crippen LogP contribution in [-0.2, 0) is 12.1 Å². The summed E-state index contributed by atoms with van der Waals surface area (Å²) >= 11 is 0. The predicted octanol–water partition coefficient (Wildman–Crippen LogP) is 2.91. The zero-order valence-corrected chi connectivity index (χ0v) is 7.68. The Balaban J connectivity index is 2.58. The SMILES string of the molecule is CC1(F)CCCc2c(O)cccc21. The van der Waals surface area contributed by atoms with Crippen LogP contribution in [0.25, 0.3) is 0 Å². The fourth-order valence-electron chi connectivity index (χ4n) is 2.06. The largest absolute Gasteiger partial charge is 0.508 e. The lowest BCUT2D eigenvalue weighted by molar-refractivity contribution is 0.161. The number of rotatable bonds is 0. The van der Waals surface area contributed by atoms with Crippen molar-refractivity contribution in [2.45, 2.75) is 31.9 Å². The van der Waals surface area contributed by atoms with Crippen molar-refractivity contribution in [1.82, 2.24) is 0 Å². The minimum atomic E-state index is -1.26. The van der Waals surface area contributed by atoms with Gasteiger partial charge in [0.2, 0.25) is 0 Å². The maximum Gasteiger partial charge on any atom is 0.133 e. The Bertz CT molecular complexity index is 331. The average Bonchev–Trinajstić information content (AvgIpc) is 2.06. The molecule has 1 aromatic rings. The number of benzene rings is 1. The molecular weight excluding hydrogens is 167 g/mol. The highest BCUT2D eigenvalue weighted by Crippen LogP contribution is 2.41. The number of phenols is 1. The minimum Gasteiger partial charge on any atom is -0.508 e. The van der Waals surface area contributed by atoms with Gasteiger partial charge in [-0.2, -0.15) is 0 Å². The molecule has 0 saturated heterocycles. The second-order valence-corrected chi connectivity index (χ2v) is 3.85. The highest BCUT2D eigenvalue weighted by molar-refractivity contribution is 5.43. The summed E-state index contributed by atoms with van der Waals surface area (Å²) in [5.41, 5.74) is 0.198. The van der Waals surface area contributed by atoms with Gasteiger partial charge in [-0.15, -0.1) is 0 Å². The Labute approximate surface area is 77.2 Å². The van der Waals surface area contributed by atoms with E-state index in [0.717, 1.165) is 18.4 Å². The molecule has 2 rings (SSSR count). The molecule has 1 atom stereocenters. The zero-order valence-electron chi connectivity index (χ0n) is 7.68. The number of alkyl halides is 1. The fourth-order valence-corrected chi connectivity index (χ4v) is 2.06. The van der Waals surface area contributed by atoms with Crippen molar-refractivity contribution in [2.75, 3.05) is 0 Å². The molecule has 0 fully saturated rings. The maximum atomic E-state index is 13.9. The topological polar surface area (TPSA) is 20.2 Å². The van der Waals surface area contributed by atoms with Gasteiger partial charge in [-0.3, -0.25) is 0 Å². The van der Waals surface area contributed by atoms with Crippen molar-refractivity contribution in [3.63, 3.8) is 0 Å². The lowest BCUT2D eigenvalue weighted by Crippen LogP contribution is -2.22. The van der Waals surface area contributed by atoms with Crippen LogP contribution in [-0.4, -0.2) is 5.11 Å². The van der Waals surface area contributed by atoms with Crippen molar-refractivity contribution in [2.24, 2.45) is 0 Å². The Morgan fingerprint density at radius 2 is 2.23 bits per heavy atom. The van der Waals surface area contributed by atoms with E-state index in [9.17, 15) is 9.50 Å². The molecule has 1 aliphatic rings. The molecular formula is C11H13FO. The molecule has 1 aliphatic carbocycles. The number of phenolic OH excluding ortho intramolecular Hbond substituents is 1. The third kappa shape index (κ3) is 1.30. The molecule has 1 unspecified atom stereocenters. The van der Waals surface area contributed by atoms with Crippen molar-refractivity contribution in [3.8, 4) is 5.75 Å². The Morgan fingerprint density at radius 1 is 1.46 bits per heavy atom. The van der Waals surface area contributed by atoms with E-state index in [1.165, 1.54) is 0 Å². The van der Waals surface area contributed by atoms with Crippen LogP contribution in [0.5, 0.6) is 5.75 Å². The molecule has 1 nitrogen and oxygen atoms in total. The highest BCUT2D eigenvalue weighted by Gasteiger charge is 2.32. The third-order valence-electron chi connectivity index (χ3n) is 2.79. The molecule has 0 aliphatic heterocycles. The second-order valence-electron chi connectivity index (χ2n) is 3.85. The quantitative estimate of drug-likeness (QED) is 0.650. The molecule has 70 valence electrons. The highest BCUT2D eigenvalue weighted by atomic mass is 19.1. The van der Waals surface area contributed by atoms with Gasteiger partial charge in [0.1, 0.15) is 11.4 Å². The smallest absolute Gasteiger partial charge is 0.133 e. The summed E-state index contributed by atoms with van der Waals surface area (Å²) in [5, 5.41) is 9.52. The van der Waals surface area contributed by atoms with Crippen LogP contribution < -0.4 is 0 Å². The van der Waals surface area contributed by atoms with Crippen molar-refractivity contribution >= 4 is 0 Å². The number of halogens is 1. The number of hydrogen-bond acceptors (Lipinski definition) is 1. The molecule has 0 amide bonds. The third-order valence-corrected chi connectivity index (χ3v) is 2.79. The summed E-state index contributed by atoms with van der Waals surface area (Å²) in [5.74, 6) is 0.237. The molecule has 1 aromatic carbocycles. The summed E-state index contributed by atoms with van der Waals surface area (Å²) in [6, 6.07) is 5.10. The molecule has 0 radical (unpaired) electrons.